The van der Waals surface area contributed by atoms with Crippen molar-refractivity contribution < 1.29 is 9.13 Å². The Morgan fingerprint density at radius 1 is 1.00 bits per heavy atom. The van der Waals surface area contributed by atoms with Crippen molar-refractivity contribution in [1.29, 1.82) is 0 Å². The second-order valence-corrected chi connectivity index (χ2v) is 7.37. The molecule has 3 heterocycles. The minimum absolute atomic E-state index is 0.234. The molecular weight excluding hydrogens is 369 g/mol. The van der Waals surface area contributed by atoms with Gasteiger partial charge in [0.1, 0.15) is 17.0 Å². The standard InChI is InChI=1S/C22H22FN5O/c23-19-7-3-6-18-20(19)26-22(24)28-14-17(25-21(18)28)12-15-4-1-2-5-16(15)13-27-8-10-29-11-9-27/h1-7,14H,8-13H2,(H2,24,26). The molecule has 2 aromatic heterocycles. The maximum atomic E-state index is 14.2. The maximum absolute atomic E-state index is 14.2. The van der Waals surface area contributed by atoms with E-state index in [1.54, 1.807) is 10.5 Å². The number of fused-ring (bicyclic) bond motifs is 3. The van der Waals surface area contributed by atoms with Crippen molar-refractivity contribution in [3.8, 4) is 0 Å². The Hall–Kier alpha value is -3.03. The van der Waals surface area contributed by atoms with Crippen LogP contribution >= 0.6 is 0 Å². The van der Waals surface area contributed by atoms with E-state index in [9.17, 15) is 4.39 Å². The average Bonchev–Trinajstić information content (AvgIpc) is 3.16. The molecule has 5 rings (SSSR count). The number of rotatable bonds is 4. The van der Waals surface area contributed by atoms with Gasteiger partial charge in [0.2, 0.25) is 5.95 Å². The second-order valence-electron chi connectivity index (χ2n) is 7.37. The van der Waals surface area contributed by atoms with Crippen LogP contribution in [0.4, 0.5) is 10.3 Å². The molecule has 2 aromatic carbocycles. The van der Waals surface area contributed by atoms with Gasteiger partial charge in [0.25, 0.3) is 0 Å². The van der Waals surface area contributed by atoms with Crippen LogP contribution in [0.25, 0.3) is 16.6 Å². The Balaban J connectivity index is 1.50. The van der Waals surface area contributed by atoms with Crippen LogP contribution in [0.3, 0.4) is 0 Å². The zero-order valence-electron chi connectivity index (χ0n) is 16.0. The fraction of sp³-hybridized carbons (Fsp3) is 0.273. The summed E-state index contributed by atoms with van der Waals surface area (Å²) in [5, 5.41) is 0.659. The molecular formula is C22H22FN5O. The van der Waals surface area contributed by atoms with Gasteiger partial charge in [0.15, 0.2) is 0 Å². The molecule has 0 amide bonds. The van der Waals surface area contributed by atoms with E-state index in [4.69, 9.17) is 15.5 Å². The van der Waals surface area contributed by atoms with Crippen LogP contribution in [0, 0.1) is 5.82 Å². The number of para-hydroxylation sites is 1. The van der Waals surface area contributed by atoms with E-state index in [0.29, 0.717) is 17.5 Å². The quantitative estimate of drug-likeness (QED) is 0.579. The van der Waals surface area contributed by atoms with Gasteiger partial charge in [-0.15, -0.1) is 0 Å². The molecule has 29 heavy (non-hydrogen) atoms. The Bertz CT molecular complexity index is 1180. The summed E-state index contributed by atoms with van der Waals surface area (Å²) in [6.45, 7) is 4.35. The Labute approximate surface area is 167 Å². The molecule has 7 heteroatoms. The van der Waals surface area contributed by atoms with E-state index >= 15 is 0 Å². The van der Waals surface area contributed by atoms with Gasteiger partial charge < -0.3 is 10.5 Å². The van der Waals surface area contributed by atoms with E-state index in [1.165, 1.54) is 17.2 Å². The van der Waals surface area contributed by atoms with Crippen molar-refractivity contribution in [3.05, 3.63) is 71.3 Å². The van der Waals surface area contributed by atoms with Crippen molar-refractivity contribution >= 4 is 22.5 Å². The number of morpholine rings is 1. The average molecular weight is 391 g/mol. The number of ether oxygens (including phenoxy) is 1. The van der Waals surface area contributed by atoms with Crippen LogP contribution in [0.2, 0.25) is 0 Å². The zero-order valence-corrected chi connectivity index (χ0v) is 16.0. The highest BCUT2D eigenvalue weighted by molar-refractivity contribution is 5.92. The number of halogens is 1. The van der Waals surface area contributed by atoms with Gasteiger partial charge in [-0.05, 0) is 23.3 Å². The van der Waals surface area contributed by atoms with Crippen LogP contribution in [-0.4, -0.2) is 45.6 Å². The lowest BCUT2D eigenvalue weighted by atomic mass is 10.0. The molecule has 1 aliphatic rings. The Morgan fingerprint density at radius 2 is 1.79 bits per heavy atom. The number of nitrogens with zero attached hydrogens (tertiary/aromatic N) is 4. The molecule has 2 N–H and O–H groups in total. The monoisotopic (exact) mass is 391 g/mol. The molecule has 0 bridgehead atoms. The van der Waals surface area contributed by atoms with Crippen molar-refractivity contribution in [1.82, 2.24) is 19.3 Å². The fourth-order valence-corrected chi connectivity index (χ4v) is 3.94. The number of hydrogen-bond acceptors (Lipinski definition) is 5. The van der Waals surface area contributed by atoms with Gasteiger partial charge in [-0.2, -0.15) is 0 Å². The van der Waals surface area contributed by atoms with E-state index in [0.717, 1.165) is 38.5 Å². The Kier molecular flexibility index (Phi) is 4.61. The molecule has 4 aromatic rings. The lowest BCUT2D eigenvalue weighted by Crippen LogP contribution is -2.35. The number of anilines is 1. The van der Waals surface area contributed by atoms with Crippen molar-refractivity contribution in [2.24, 2.45) is 0 Å². The first-order valence-corrected chi connectivity index (χ1v) is 9.77. The molecule has 0 unspecified atom stereocenters. The van der Waals surface area contributed by atoms with Crippen LogP contribution in [0.1, 0.15) is 16.8 Å². The third kappa shape index (κ3) is 3.43. The summed E-state index contributed by atoms with van der Waals surface area (Å²) < 4.78 is 21.3. The highest BCUT2D eigenvalue weighted by Crippen LogP contribution is 2.24. The number of aromatic nitrogens is 3. The summed E-state index contributed by atoms with van der Waals surface area (Å²) in [5.74, 6) is -0.157. The molecule has 0 aliphatic carbocycles. The van der Waals surface area contributed by atoms with Crippen molar-refractivity contribution in [3.63, 3.8) is 0 Å². The molecule has 1 saturated heterocycles. The predicted octanol–water partition coefficient (Wildman–Crippen LogP) is 3.03. The number of benzene rings is 2. The number of hydrogen-bond donors (Lipinski definition) is 1. The van der Waals surface area contributed by atoms with E-state index in [1.807, 2.05) is 12.3 Å². The summed E-state index contributed by atoms with van der Waals surface area (Å²) in [5.41, 5.74) is 10.4. The molecule has 0 radical (unpaired) electrons. The molecule has 6 nitrogen and oxygen atoms in total. The Morgan fingerprint density at radius 3 is 2.62 bits per heavy atom. The normalized spacial score (nSPS) is 15.3. The van der Waals surface area contributed by atoms with Gasteiger partial charge in [0.05, 0.1) is 18.9 Å². The molecule has 0 spiro atoms. The lowest BCUT2D eigenvalue weighted by Gasteiger charge is -2.27. The minimum atomic E-state index is -0.392. The van der Waals surface area contributed by atoms with E-state index in [2.05, 4.69) is 34.1 Å². The number of imidazole rings is 1. The highest BCUT2D eigenvalue weighted by Gasteiger charge is 2.16. The molecule has 0 atom stereocenters. The molecule has 148 valence electrons. The summed E-state index contributed by atoms with van der Waals surface area (Å²) in [4.78, 5) is 11.4. The molecule has 1 fully saturated rings. The van der Waals surface area contributed by atoms with Gasteiger partial charge in [-0.25, -0.2) is 14.4 Å². The largest absolute Gasteiger partial charge is 0.379 e. The van der Waals surface area contributed by atoms with Gasteiger partial charge >= 0.3 is 0 Å². The first-order valence-electron chi connectivity index (χ1n) is 9.77. The third-order valence-corrected chi connectivity index (χ3v) is 5.44. The summed E-state index contributed by atoms with van der Waals surface area (Å²) in [6.07, 6.45) is 2.58. The van der Waals surface area contributed by atoms with E-state index < -0.39 is 5.82 Å². The number of nitrogens with two attached hydrogens (primary N) is 1. The molecule has 0 saturated carbocycles. The minimum Gasteiger partial charge on any atom is -0.379 e. The summed E-state index contributed by atoms with van der Waals surface area (Å²) in [7, 11) is 0. The fourth-order valence-electron chi connectivity index (χ4n) is 3.94. The summed E-state index contributed by atoms with van der Waals surface area (Å²) >= 11 is 0. The van der Waals surface area contributed by atoms with Crippen LogP contribution < -0.4 is 5.73 Å². The smallest absolute Gasteiger partial charge is 0.206 e. The SMILES string of the molecule is Nc1nc2c(F)cccc2c2nc(Cc3ccccc3CN3CCOCC3)cn12. The van der Waals surface area contributed by atoms with Gasteiger partial charge in [0, 0.05) is 37.6 Å². The van der Waals surface area contributed by atoms with Gasteiger partial charge in [-0.3, -0.25) is 9.30 Å². The van der Waals surface area contributed by atoms with Gasteiger partial charge in [-0.1, -0.05) is 30.3 Å². The topological polar surface area (TPSA) is 68.7 Å². The van der Waals surface area contributed by atoms with E-state index in [-0.39, 0.29) is 11.5 Å². The first kappa shape index (κ1) is 18.0. The van der Waals surface area contributed by atoms with Crippen LogP contribution in [0.5, 0.6) is 0 Å². The van der Waals surface area contributed by atoms with Crippen LogP contribution in [-0.2, 0) is 17.7 Å². The maximum Gasteiger partial charge on any atom is 0.206 e. The second kappa shape index (κ2) is 7.42. The first-order chi connectivity index (χ1) is 14.2. The summed E-state index contributed by atoms with van der Waals surface area (Å²) in [6, 6.07) is 13.3. The van der Waals surface area contributed by atoms with Crippen LogP contribution in [0.15, 0.2) is 48.7 Å². The molecule has 1 aliphatic heterocycles. The third-order valence-electron chi connectivity index (χ3n) is 5.44. The predicted molar refractivity (Wildman–Crippen MR) is 110 cm³/mol. The number of nitrogen functional groups attached to an aromatic ring is 1. The van der Waals surface area contributed by atoms with Crippen molar-refractivity contribution in [2.45, 2.75) is 13.0 Å². The highest BCUT2D eigenvalue weighted by atomic mass is 19.1. The zero-order chi connectivity index (χ0) is 19.8. The lowest BCUT2D eigenvalue weighted by molar-refractivity contribution is 0.0341. The van der Waals surface area contributed by atoms with Crippen molar-refractivity contribution in [2.75, 3.05) is 32.0 Å².